The topological polar surface area (TPSA) is 66.5 Å². The number of hydrogen-bond acceptors (Lipinski definition) is 3. The van der Waals surface area contributed by atoms with Crippen molar-refractivity contribution in [2.45, 2.75) is 19.8 Å². The average Bonchev–Trinajstić information content (AvgIpc) is 3.06. The molecule has 19 heavy (non-hydrogen) atoms. The summed E-state index contributed by atoms with van der Waals surface area (Å²) in [7, 11) is 0. The summed E-state index contributed by atoms with van der Waals surface area (Å²) in [5.74, 6) is -0.561. The number of fused-ring (bicyclic) bond motifs is 5. The number of nitrogens with zero attached hydrogens (tertiary/aromatic N) is 1. The molecule has 1 N–H and O–H groups in total. The number of nitrogens with one attached hydrogen (secondary N) is 1. The zero-order valence-corrected chi connectivity index (χ0v) is 11.0. The SMILES string of the molecule is CCCNC(=O)CN1C(=O)[C@@H]2[C@H](C1=O)[C@H]1C=C[C@H]2C1. The maximum atomic E-state index is 12.3. The molecule has 1 saturated carbocycles. The highest BCUT2D eigenvalue weighted by Gasteiger charge is 2.59. The molecule has 0 aromatic heterocycles. The van der Waals surface area contributed by atoms with Crippen LogP contribution in [0.2, 0.25) is 0 Å². The van der Waals surface area contributed by atoms with Gasteiger partial charge in [-0.05, 0) is 24.7 Å². The third-order valence-corrected chi connectivity index (χ3v) is 4.44. The fourth-order valence-electron chi connectivity index (χ4n) is 3.58. The fraction of sp³-hybridized carbons (Fsp3) is 0.643. The van der Waals surface area contributed by atoms with Gasteiger partial charge in [0.1, 0.15) is 6.54 Å². The zero-order chi connectivity index (χ0) is 13.6. The Morgan fingerprint density at radius 3 is 2.37 bits per heavy atom. The molecule has 2 bridgehead atoms. The van der Waals surface area contributed by atoms with Gasteiger partial charge in [-0.1, -0.05) is 19.1 Å². The Hall–Kier alpha value is -1.65. The molecular formula is C14H18N2O3. The molecule has 2 fully saturated rings. The highest BCUT2D eigenvalue weighted by Crippen LogP contribution is 2.52. The number of carbonyl (C=O) groups excluding carboxylic acids is 3. The second-order valence-corrected chi connectivity index (χ2v) is 5.61. The number of allylic oxidation sites excluding steroid dienone is 2. The van der Waals surface area contributed by atoms with Crippen LogP contribution in [0.4, 0.5) is 0 Å². The van der Waals surface area contributed by atoms with Gasteiger partial charge in [-0.2, -0.15) is 0 Å². The molecular weight excluding hydrogens is 244 g/mol. The molecule has 0 aromatic rings. The molecule has 0 spiro atoms. The monoisotopic (exact) mass is 262 g/mol. The summed E-state index contributed by atoms with van der Waals surface area (Å²) in [5.41, 5.74) is 0. The maximum absolute atomic E-state index is 12.3. The Balaban J connectivity index is 1.70. The quantitative estimate of drug-likeness (QED) is 0.586. The molecule has 0 radical (unpaired) electrons. The Morgan fingerprint density at radius 2 is 1.84 bits per heavy atom. The van der Waals surface area contributed by atoms with E-state index in [9.17, 15) is 14.4 Å². The van der Waals surface area contributed by atoms with Crippen molar-refractivity contribution < 1.29 is 14.4 Å². The second kappa shape index (κ2) is 4.47. The third-order valence-electron chi connectivity index (χ3n) is 4.44. The van der Waals surface area contributed by atoms with Crippen LogP contribution in [-0.2, 0) is 14.4 Å². The minimum Gasteiger partial charge on any atom is -0.355 e. The van der Waals surface area contributed by atoms with E-state index < -0.39 is 0 Å². The first-order valence-corrected chi connectivity index (χ1v) is 6.93. The summed E-state index contributed by atoms with van der Waals surface area (Å²) in [6.07, 6.45) is 5.87. The van der Waals surface area contributed by atoms with Crippen molar-refractivity contribution >= 4 is 17.7 Å². The normalized spacial score (nSPS) is 35.1. The van der Waals surface area contributed by atoms with Crippen molar-refractivity contribution in [2.24, 2.45) is 23.7 Å². The molecule has 3 aliphatic rings. The minimum atomic E-state index is -0.246. The molecule has 3 amide bonds. The van der Waals surface area contributed by atoms with Gasteiger partial charge in [0.25, 0.3) is 0 Å². The van der Waals surface area contributed by atoms with Gasteiger partial charge in [-0.15, -0.1) is 0 Å². The number of imide groups is 1. The van der Waals surface area contributed by atoms with Gasteiger partial charge in [-0.3, -0.25) is 19.3 Å². The highest BCUT2D eigenvalue weighted by atomic mass is 16.2. The van der Waals surface area contributed by atoms with Crippen LogP contribution in [0.15, 0.2) is 12.2 Å². The molecule has 0 unspecified atom stereocenters. The van der Waals surface area contributed by atoms with E-state index in [4.69, 9.17) is 0 Å². The van der Waals surface area contributed by atoms with E-state index in [2.05, 4.69) is 17.5 Å². The lowest BCUT2D eigenvalue weighted by atomic mass is 9.85. The van der Waals surface area contributed by atoms with Crippen molar-refractivity contribution in [1.29, 1.82) is 0 Å². The summed E-state index contributed by atoms with van der Waals surface area (Å²) in [5, 5.41) is 2.70. The first-order chi connectivity index (χ1) is 9.13. The van der Waals surface area contributed by atoms with E-state index >= 15 is 0 Å². The molecule has 102 valence electrons. The molecule has 1 saturated heterocycles. The lowest BCUT2D eigenvalue weighted by Gasteiger charge is -2.16. The van der Waals surface area contributed by atoms with Gasteiger partial charge >= 0.3 is 0 Å². The molecule has 4 atom stereocenters. The number of carbonyl (C=O) groups is 3. The lowest BCUT2D eigenvalue weighted by Crippen LogP contribution is -2.42. The largest absolute Gasteiger partial charge is 0.355 e. The Morgan fingerprint density at radius 1 is 1.26 bits per heavy atom. The predicted molar refractivity (Wildman–Crippen MR) is 67.7 cm³/mol. The van der Waals surface area contributed by atoms with Crippen molar-refractivity contribution in [3.8, 4) is 0 Å². The van der Waals surface area contributed by atoms with Gasteiger partial charge in [0.05, 0.1) is 11.8 Å². The van der Waals surface area contributed by atoms with Crippen molar-refractivity contribution in [3.63, 3.8) is 0 Å². The van der Waals surface area contributed by atoms with Crippen LogP contribution in [0, 0.1) is 23.7 Å². The Bertz CT molecular complexity index is 441. The van der Waals surface area contributed by atoms with Crippen LogP contribution in [0.3, 0.4) is 0 Å². The molecule has 5 nitrogen and oxygen atoms in total. The van der Waals surface area contributed by atoms with E-state index in [0.717, 1.165) is 17.7 Å². The van der Waals surface area contributed by atoms with Crippen LogP contribution in [-0.4, -0.2) is 35.7 Å². The Labute approximate surface area is 112 Å². The fourth-order valence-corrected chi connectivity index (χ4v) is 3.58. The first-order valence-electron chi connectivity index (χ1n) is 6.93. The molecule has 1 aliphatic heterocycles. The van der Waals surface area contributed by atoms with Crippen LogP contribution >= 0.6 is 0 Å². The van der Waals surface area contributed by atoms with Gasteiger partial charge in [0.2, 0.25) is 17.7 Å². The number of amides is 3. The summed E-state index contributed by atoms with van der Waals surface area (Å²) < 4.78 is 0. The number of rotatable bonds is 4. The maximum Gasteiger partial charge on any atom is 0.240 e. The Kier molecular flexibility index (Phi) is 2.92. The van der Waals surface area contributed by atoms with Gasteiger partial charge in [-0.25, -0.2) is 0 Å². The molecule has 0 aromatic carbocycles. The van der Waals surface area contributed by atoms with Gasteiger partial charge in [0.15, 0.2) is 0 Å². The first kappa shape index (κ1) is 12.4. The second-order valence-electron chi connectivity index (χ2n) is 5.61. The smallest absolute Gasteiger partial charge is 0.240 e. The number of hydrogen-bond donors (Lipinski definition) is 1. The number of likely N-dealkylation sites (tertiary alicyclic amines) is 1. The molecule has 3 rings (SSSR count). The minimum absolute atomic E-state index is 0.121. The summed E-state index contributed by atoms with van der Waals surface area (Å²) in [6, 6.07) is 0. The van der Waals surface area contributed by atoms with Crippen molar-refractivity contribution in [3.05, 3.63) is 12.2 Å². The summed E-state index contributed by atoms with van der Waals surface area (Å²) in [6.45, 7) is 2.42. The van der Waals surface area contributed by atoms with E-state index in [1.54, 1.807) is 0 Å². The van der Waals surface area contributed by atoms with Crippen LogP contribution < -0.4 is 5.32 Å². The van der Waals surface area contributed by atoms with Gasteiger partial charge in [0, 0.05) is 6.54 Å². The molecule has 5 heteroatoms. The third kappa shape index (κ3) is 1.79. The average molecular weight is 262 g/mol. The van der Waals surface area contributed by atoms with Crippen molar-refractivity contribution in [2.75, 3.05) is 13.1 Å². The zero-order valence-electron chi connectivity index (χ0n) is 11.0. The summed E-state index contributed by atoms with van der Waals surface area (Å²) >= 11 is 0. The summed E-state index contributed by atoms with van der Waals surface area (Å²) in [4.78, 5) is 37.4. The standard InChI is InChI=1S/C14H18N2O3/c1-2-5-15-10(17)7-16-13(18)11-8-3-4-9(6-8)12(11)14(16)19/h3-4,8-9,11-12H,2,5-7H2,1H3,(H,15,17)/t8-,9-,11-,12+/m0/s1. The van der Waals surface area contributed by atoms with Crippen LogP contribution in [0.25, 0.3) is 0 Å². The molecule has 1 heterocycles. The van der Waals surface area contributed by atoms with E-state index in [1.165, 1.54) is 0 Å². The van der Waals surface area contributed by atoms with E-state index in [1.807, 2.05) is 6.92 Å². The van der Waals surface area contributed by atoms with E-state index in [-0.39, 0.29) is 47.9 Å². The van der Waals surface area contributed by atoms with E-state index in [0.29, 0.717) is 6.54 Å². The predicted octanol–water partition coefficient (Wildman–Crippen LogP) is 0.320. The highest BCUT2D eigenvalue weighted by molar-refractivity contribution is 6.08. The van der Waals surface area contributed by atoms with Crippen LogP contribution in [0.5, 0.6) is 0 Å². The van der Waals surface area contributed by atoms with Crippen molar-refractivity contribution in [1.82, 2.24) is 10.2 Å². The van der Waals surface area contributed by atoms with Gasteiger partial charge < -0.3 is 5.32 Å². The van der Waals surface area contributed by atoms with Crippen LogP contribution in [0.1, 0.15) is 19.8 Å². The molecule has 2 aliphatic carbocycles. The lowest BCUT2D eigenvalue weighted by molar-refractivity contribution is -0.144.